The Labute approximate surface area is 96.3 Å². The predicted octanol–water partition coefficient (Wildman–Crippen LogP) is 4.29. The molecule has 0 rings (SSSR count). The molecule has 0 amide bonds. The van der Waals surface area contributed by atoms with E-state index in [-0.39, 0.29) is 0 Å². The quantitative estimate of drug-likeness (QED) is 0.420. The molecule has 1 heteroatoms. The van der Waals surface area contributed by atoms with Crippen LogP contribution >= 0.6 is 0 Å². The van der Waals surface area contributed by atoms with Crippen LogP contribution in [0.1, 0.15) is 65.7 Å². The molecule has 0 bridgehead atoms. The lowest BCUT2D eigenvalue weighted by Gasteiger charge is -2.18. The molecule has 90 valence electrons. The standard InChI is InChI=1S/C14H29N/c1-5-8-9-10-11-14(15-7-3)12-13(4)6-2/h14-15H,4-12H2,1-3H3. The van der Waals surface area contributed by atoms with Gasteiger partial charge in [0.25, 0.3) is 0 Å². The SMILES string of the molecule is C=C(CC)CC(CCCCCC)NCC. The summed E-state index contributed by atoms with van der Waals surface area (Å²) in [6.07, 6.45) is 9.06. The molecule has 0 fully saturated rings. The summed E-state index contributed by atoms with van der Waals surface area (Å²) in [5, 5.41) is 3.56. The molecule has 0 aromatic carbocycles. The van der Waals surface area contributed by atoms with Gasteiger partial charge in [-0.3, -0.25) is 0 Å². The molecule has 0 aromatic rings. The summed E-state index contributed by atoms with van der Waals surface area (Å²) in [7, 11) is 0. The topological polar surface area (TPSA) is 12.0 Å². The number of hydrogen-bond donors (Lipinski definition) is 1. The predicted molar refractivity (Wildman–Crippen MR) is 70.3 cm³/mol. The summed E-state index contributed by atoms with van der Waals surface area (Å²) in [6, 6.07) is 0.666. The molecule has 0 aliphatic heterocycles. The number of unbranched alkanes of at least 4 members (excludes halogenated alkanes) is 3. The highest BCUT2D eigenvalue weighted by Gasteiger charge is 2.07. The minimum Gasteiger partial charge on any atom is -0.314 e. The lowest BCUT2D eigenvalue weighted by molar-refractivity contribution is 0.459. The van der Waals surface area contributed by atoms with E-state index in [9.17, 15) is 0 Å². The molecule has 1 N–H and O–H groups in total. The van der Waals surface area contributed by atoms with Crippen LogP contribution in [0.3, 0.4) is 0 Å². The Morgan fingerprint density at radius 3 is 2.40 bits per heavy atom. The first kappa shape index (κ1) is 14.7. The Morgan fingerprint density at radius 1 is 1.13 bits per heavy atom. The molecule has 1 nitrogen and oxygen atoms in total. The molecular weight excluding hydrogens is 182 g/mol. The van der Waals surface area contributed by atoms with Crippen molar-refractivity contribution in [2.45, 2.75) is 71.8 Å². The van der Waals surface area contributed by atoms with Crippen molar-refractivity contribution in [3.63, 3.8) is 0 Å². The van der Waals surface area contributed by atoms with Gasteiger partial charge in [0.15, 0.2) is 0 Å². The fourth-order valence-corrected chi connectivity index (χ4v) is 1.88. The molecular formula is C14H29N. The van der Waals surface area contributed by atoms with Crippen LogP contribution in [0.4, 0.5) is 0 Å². The van der Waals surface area contributed by atoms with Gasteiger partial charge in [-0.05, 0) is 25.8 Å². The van der Waals surface area contributed by atoms with Crippen molar-refractivity contribution in [3.05, 3.63) is 12.2 Å². The van der Waals surface area contributed by atoms with Crippen molar-refractivity contribution in [2.24, 2.45) is 0 Å². The van der Waals surface area contributed by atoms with Gasteiger partial charge in [-0.1, -0.05) is 58.6 Å². The minimum absolute atomic E-state index is 0.666. The van der Waals surface area contributed by atoms with Gasteiger partial charge in [-0.15, -0.1) is 0 Å². The summed E-state index contributed by atoms with van der Waals surface area (Å²) >= 11 is 0. The highest BCUT2D eigenvalue weighted by molar-refractivity contribution is 4.96. The van der Waals surface area contributed by atoms with Crippen LogP contribution in [0.25, 0.3) is 0 Å². The summed E-state index contributed by atoms with van der Waals surface area (Å²) in [6.45, 7) is 11.8. The van der Waals surface area contributed by atoms with Crippen LogP contribution in [-0.4, -0.2) is 12.6 Å². The molecule has 0 spiro atoms. The van der Waals surface area contributed by atoms with Crippen LogP contribution in [0.5, 0.6) is 0 Å². The van der Waals surface area contributed by atoms with Gasteiger partial charge in [0, 0.05) is 6.04 Å². The van der Waals surface area contributed by atoms with Gasteiger partial charge >= 0.3 is 0 Å². The van der Waals surface area contributed by atoms with Crippen LogP contribution in [0, 0.1) is 0 Å². The third-order valence-corrected chi connectivity index (χ3v) is 2.93. The number of nitrogens with one attached hydrogen (secondary N) is 1. The Morgan fingerprint density at radius 2 is 1.87 bits per heavy atom. The third kappa shape index (κ3) is 8.68. The van der Waals surface area contributed by atoms with Crippen molar-refractivity contribution >= 4 is 0 Å². The first-order valence-electron chi connectivity index (χ1n) is 6.64. The summed E-state index contributed by atoms with van der Waals surface area (Å²) in [5.41, 5.74) is 1.39. The van der Waals surface area contributed by atoms with Gasteiger partial charge < -0.3 is 5.32 Å². The molecule has 0 aliphatic rings. The Bertz CT molecular complexity index is 151. The summed E-state index contributed by atoms with van der Waals surface area (Å²) < 4.78 is 0. The van der Waals surface area contributed by atoms with Crippen molar-refractivity contribution in [1.82, 2.24) is 5.32 Å². The van der Waals surface area contributed by atoms with E-state index in [4.69, 9.17) is 0 Å². The van der Waals surface area contributed by atoms with E-state index in [0.29, 0.717) is 6.04 Å². The maximum Gasteiger partial charge on any atom is 0.0104 e. The van der Waals surface area contributed by atoms with Crippen molar-refractivity contribution in [3.8, 4) is 0 Å². The van der Waals surface area contributed by atoms with Gasteiger partial charge in [0.1, 0.15) is 0 Å². The normalized spacial score (nSPS) is 12.7. The smallest absolute Gasteiger partial charge is 0.0104 e. The largest absolute Gasteiger partial charge is 0.314 e. The van der Waals surface area contributed by atoms with E-state index < -0.39 is 0 Å². The van der Waals surface area contributed by atoms with E-state index in [1.54, 1.807) is 0 Å². The Balaban J connectivity index is 3.67. The van der Waals surface area contributed by atoms with E-state index in [1.165, 1.54) is 37.7 Å². The second kappa shape index (κ2) is 10.2. The summed E-state index contributed by atoms with van der Waals surface area (Å²) in [5.74, 6) is 0. The molecule has 0 heterocycles. The first-order chi connectivity index (χ1) is 7.24. The zero-order valence-electron chi connectivity index (χ0n) is 10.9. The molecule has 0 aromatic heterocycles. The van der Waals surface area contributed by atoms with Gasteiger partial charge in [0.2, 0.25) is 0 Å². The van der Waals surface area contributed by atoms with E-state index >= 15 is 0 Å². The molecule has 0 aliphatic carbocycles. The fraction of sp³-hybridized carbons (Fsp3) is 0.857. The van der Waals surface area contributed by atoms with E-state index in [1.807, 2.05) is 0 Å². The average molecular weight is 211 g/mol. The van der Waals surface area contributed by atoms with Gasteiger partial charge in [0.05, 0.1) is 0 Å². The maximum absolute atomic E-state index is 4.10. The minimum atomic E-state index is 0.666. The molecule has 15 heavy (non-hydrogen) atoms. The zero-order valence-corrected chi connectivity index (χ0v) is 10.9. The fourth-order valence-electron chi connectivity index (χ4n) is 1.88. The highest BCUT2D eigenvalue weighted by Crippen LogP contribution is 2.13. The second-order valence-corrected chi connectivity index (χ2v) is 4.41. The molecule has 0 saturated carbocycles. The van der Waals surface area contributed by atoms with Gasteiger partial charge in [-0.2, -0.15) is 0 Å². The van der Waals surface area contributed by atoms with Crippen LogP contribution < -0.4 is 5.32 Å². The third-order valence-electron chi connectivity index (χ3n) is 2.93. The highest BCUT2D eigenvalue weighted by atomic mass is 14.9. The molecule has 0 radical (unpaired) electrons. The lowest BCUT2D eigenvalue weighted by atomic mass is 9.99. The van der Waals surface area contributed by atoms with Crippen molar-refractivity contribution < 1.29 is 0 Å². The van der Waals surface area contributed by atoms with E-state index in [2.05, 4.69) is 32.7 Å². The molecule has 0 saturated heterocycles. The van der Waals surface area contributed by atoms with Crippen molar-refractivity contribution in [1.29, 1.82) is 0 Å². The van der Waals surface area contributed by atoms with Crippen molar-refractivity contribution in [2.75, 3.05) is 6.54 Å². The number of hydrogen-bond acceptors (Lipinski definition) is 1. The Kier molecular flexibility index (Phi) is 10.0. The van der Waals surface area contributed by atoms with Crippen LogP contribution in [0.15, 0.2) is 12.2 Å². The second-order valence-electron chi connectivity index (χ2n) is 4.41. The number of rotatable bonds is 10. The maximum atomic E-state index is 4.10. The average Bonchev–Trinajstić information content (AvgIpc) is 2.24. The van der Waals surface area contributed by atoms with E-state index in [0.717, 1.165) is 19.4 Å². The first-order valence-corrected chi connectivity index (χ1v) is 6.64. The Hall–Kier alpha value is -0.300. The lowest BCUT2D eigenvalue weighted by Crippen LogP contribution is -2.29. The van der Waals surface area contributed by atoms with Crippen LogP contribution in [-0.2, 0) is 0 Å². The van der Waals surface area contributed by atoms with Gasteiger partial charge in [-0.25, -0.2) is 0 Å². The molecule has 1 atom stereocenters. The zero-order chi connectivity index (χ0) is 11.5. The van der Waals surface area contributed by atoms with Crippen LogP contribution in [0.2, 0.25) is 0 Å². The molecule has 1 unspecified atom stereocenters. The summed E-state index contributed by atoms with van der Waals surface area (Å²) in [4.78, 5) is 0. The monoisotopic (exact) mass is 211 g/mol.